The molecule has 0 aliphatic heterocycles. The Bertz CT molecular complexity index is 401. The Morgan fingerprint density at radius 2 is 2.25 bits per heavy atom. The lowest BCUT2D eigenvalue weighted by molar-refractivity contribution is -0.385. The summed E-state index contributed by atoms with van der Waals surface area (Å²) in [4.78, 5) is 21.5. The molecule has 0 radical (unpaired) electrons. The second-order valence-corrected chi connectivity index (χ2v) is 3.95. The van der Waals surface area contributed by atoms with Gasteiger partial charge in [-0.15, -0.1) is 0 Å². The van der Waals surface area contributed by atoms with Gasteiger partial charge >= 0.3 is 5.69 Å². The lowest BCUT2D eigenvalue weighted by atomic mass is 10.3. The number of rotatable bonds is 6. The van der Waals surface area contributed by atoms with E-state index in [1.807, 2.05) is 0 Å². The Kier molecular flexibility index (Phi) is 4.39. The number of ether oxygens (including phenoxy) is 2. The van der Waals surface area contributed by atoms with Crippen molar-refractivity contribution < 1.29 is 19.2 Å². The normalized spacial score (nSPS) is 10.1. The third-order valence-electron chi connectivity index (χ3n) is 1.74. The number of ketones is 1. The van der Waals surface area contributed by atoms with E-state index in [2.05, 4.69) is 0 Å². The van der Waals surface area contributed by atoms with Crippen LogP contribution in [0.25, 0.3) is 0 Å². The summed E-state index contributed by atoms with van der Waals surface area (Å²) < 4.78 is 9.93. The third-order valence-corrected chi connectivity index (χ3v) is 2.88. The van der Waals surface area contributed by atoms with E-state index in [0.29, 0.717) is 11.5 Å². The molecule has 0 atom stereocenters. The zero-order chi connectivity index (χ0) is 12.1. The molecule has 0 aromatic carbocycles. The van der Waals surface area contributed by atoms with Gasteiger partial charge in [-0.3, -0.25) is 14.9 Å². The second kappa shape index (κ2) is 5.57. The van der Waals surface area contributed by atoms with Crippen LogP contribution in [-0.2, 0) is 4.74 Å². The molecule has 7 heteroatoms. The highest BCUT2D eigenvalue weighted by atomic mass is 32.1. The Hall–Kier alpha value is -1.47. The summed E-state index contributed by atoms with van der Waals surface area (Å²) in [7, 11) is 1.51. The maximum absolute atomic E-state index is 11.1. The molecular formula is C9H11NO5S. The molecule has 1 aromatic heterocycles. The van der Waals surface area contributed by atoms with Crippen molar-refractivity contribution in [2.45, 2.75) is 6.92 Å². The highest BCUT2D eigenvalue weighted by Crippen LogP contribution is 2.36. The van der Waals surface area contributed by atoms with E-state index >= 15 is 0 Å². The van der Waals surface area contributed by atoms with Crippen molar-refractivity contribution in [1.29, 1.82) is 0 Å². The molecule has 0 spiro atoms. The van der Waals surface area contributed by atoms with Crippen LogP contribution in [0.4, 0.5) is 5.69 Å². The van der Waals surface area contributed by atoms with Crippen LogP contribution < -0.4 is 4.74 Å². The van der Waals surface area contributed by atoms with E-state index in [0.717, 1.165) is 11.3 Å². The maximum atomic E-state index is 11.1. The fourth-order valence-corrected chi connectivity index (χ4v) is 1.88. The molecule has 0 fully saturated rings. The van der Waals surface area contributed by atoms with Crippen molar-refractivity contribution in [2.75, 3.05) is 20.3 Å². The first-order valence-electron chi connectivity index (χ1n) is 4.47. The lowest BCUT2D eigenvalue weighted by Gasteiger charge is -2.01. The number of nitro groups is 1. The molecule has 0 aliphatic carbocycles. The van der Waals surface area contributed by atoms with Crippen molar-refractivity contribution in [3.63, 3.8) is 0 Å². The smallest absolute Gasteiger partial charge is 0.323 e. The quantitative estimate of drug-likeness (QED) is 0.331. The van der Waals surface area contributed by atoms with Gasteiger partial charge in [0.05, 0.1) is 16.4 Å². The summed E-state index contributed by atoms with van der Waals surface area (Å²) in [6.45, 7) is 1.91. The van der Waals surface area contributed by atoms with Gasteiger partial charge in [0.1, 0.15) is 6.61 Å². The Labute approximate surface area is 95.9 Å². The predicted octanol–water partition coefficient (Wildman–Crippen LogP) is 1.88. The molecule has 0 bridgehead atoms. The van der Waals surface area contributed by atoms with Gasteiger partial charge in [0.25, 0.3) is 5.06 Å². The van der Waals surface area contributed by atoms with Gasteiger partial charge in [-0.25, -0.2) is 0 Å². The van der Waals surface area contributed by atoms with Gasteiger partial charge in [-0.1, -0.05) is 11.3 Å². The molecule has 0 N–H and O–H groups in total. The monoisotopic (exact) mass is 245 g/mol. The van der Waals surface area contributed by atoms with Gasteiger partial charge in [0, 0.05) is 13.2 Å². The number of thiophene rings is 1. The molecule has 1 rings (SSSR count). The van der Waals surface area contributed by atoms with E-state index < -0.39 is 4.92 Å². The van der Waals surface area contributed by atoms with E-state index in [9.17, 15) is 14.9 Å². The molecule has 1 aromatic rings. The van der Waals surface area contributed by atoms with Crippen molar-refractivity contribution in [2.24, 2.45) is 0 Å². The number of methoxy groups -OCH3 is 1. The number of carbonyl (C=O) groups is 1. The average molecular weight is 245 g/mol. The van der Waals surface area contributed by atoms with Crippen LogP contribution in [0.1, 0.15) is 16.6 Å². The molecule has 0 saturated heterocycles. The Morgan fingerprint density at radius 3 is 2.75 bits per heavy atom. The SMILES string of the molecule is COCCOc1sc(C(C)=O)cc1[N+](=O)[O-]. The summed E-state index contributed by atoms with van der Waals surface area (Å²) >= 11 is 0.977. The number of hydrogen-bond acceptors (Lipinski definition) is 6. The van der Waals surface area contributed by atoms with E-state index in [-0.39, 0.29) is 23.1 Å². The van der Waals surface area contributed by atoms with Gasteiger partial charge in [0.2, 0.25) is 0 Å². The van der Waals surface area contributed by atoms with Crippen molar-refractivity contribution in [3.05, 3.63) is 21.1 Å². The molecule has 0 unspecified atom stereocenters. The first kappa shape index (κ1) is 12.6. The summed E-state index contributed by atoms with van der Waals surface area (Å²) in [5, 5.41) is 10.8. The van der Waals surface area contributed by atoms with Crippen molar-refractivity contribution in [3.8, 4) is 5.06 Å². The van der Waals surface area contributed by atoms with Crippen LogP contribution in [0.2, 0.25) is 0 Å². The van der Waals surface area contributed by atoms with Crippen molar-refractivity contribution in [1.82, 2.24) is 0 Å². The van der Waals surface area contributed by atoms with E-state index in [1.165, 1.54) is 20.1 Å². The fraction of sp³-hybridized carbons (Fsp3) is 0.444. The largest absolute Gasteiger partial charge is 0.477 e. The van der Waals surface area contributed by atoms with Crippen LogP contribution in [0, 0.1) is 10.1 Å². The molecular weight excluding hydrogens is 234 g/mol. The topological polar surface area (TPSA) is 78.7 Å². The average Bonchev–Trinajstić information content (AvgIpc) is 2.62. The molecule has 0 saturated carbocycles. The zero-order valence-corrected chi connectivity index (χ0v) is 9.70. The number of carbonyl (C=O) groups excluding carboxylic acids is 1. The van der Waals surface area contributed by atoms with Gasteiger partial charge in [-0.2, -0.15) is 0 Å². The summed E-state index contributed by atoms with van der Waals surface area (Å²) in [6, 6.07) is 1.23. The first-order chi connectivity index (χ1) is 7.56. The van der Waals surface area contributed by atoms with Gasteiger partial charge in [-0.05, 0) is 6.92 Å². The molecule has 0 aliphatic rings. The van der Waals surface area contributed by atoms with Crippen LogP contribution in [-0.4, -0.2) is 31.0 Å². The molecule has 16 heavy (non-hydrogen) atoms. The first-order valence-corrected chi connectivity index (χ1v) is 5.28. The minimum absolute atomic E-state index is 0.146. The maximum Gasteiger partial charge on any atom is 0.323 e. The molecule has 0 amide bonds. The number of nitrogens with zero attached hydrogens (tertiary/aromatic N) is 1. The lowest BCUT2D eigenvalue weighted by Crippen LogP contribution is -2.04. The zero-order valence-electron chi connectivity index (χ0n) is 8.89. The molecule has 1 heterocycles. The fourth-order valence-electron chi connectivity index (χ4n) is 0.987. The third kappa shape index (κ3) is 3.01. The Morgan fingerprint density at radius 1 is 1.56 bits per heavy atom. The van der Waals surface area contributed by atoms with E-state index in [4.69, 9.17) is 9.47 Å². The van der Waals surface area contributed by atoms with Crippen LogP contribution >= 0.6 is 11.3 Å². The summed E-state index contributed by atoms with van der Waals surface area (Å²) in [5.74, 6) is -0.213. The minimum Gasteiger partial charge on any atom is -0.477 e. The predicted molar refractivity (Wildman–Crippen MR) is 58.3 cm³/mol. The molecule has 6 nitrogen and oxygen atoms in total. The van der Waals surface area contributed by atoms with Gasteiger partial charge < -0.3 is 9.47 Å². The highest BCUT2D eigenvalue weighted by Gasteiger charge is 2.22. The van der Waals surface area contributed by atoms with Crippen LogP contribution in [0.15, 0.2) is 6.07 Å². The van der Waals surface area contributed by atoms with Crippen molar-refractivity contribution >= 4 is 22.8 Å². The second-order valence-electron chi connectivity index (χ2n) is 2.94. The summed E-state index contributed by atoms with van der Waals surface area (Å²) in [6.07, 6.45) is 0. The van der Waals surface area contributed by atoms with Crippen LogP contribution in [0.3, 0.4) is 0 Å². The highest BCUT2D eigenvalue weighted by molar-refractivity contribution is 7.16. The summed E-state index contributed by atoms with van der Waals surface area (Å²) in [5.41, 5.74) is -0.175. The number of Topliss-reactive ketones (excluding diaryl/α,β-unsaturated/α-hetero) is 1. The number of hydrogen-bond donors (Lipinski definition) is 0. The minimum atomic E-state index is -0.564. The standard InChI is InChI=1S/C9H11NO5S/c1-6(11)8-5-7(10(12)13)9(16-8)15-4-3-14-2/h5H,3-4H2,1-2H3. The van der Waals surface area contributed by atoms with E-state index in [1.54, 1.807) is 0 Å². The van der Waals surface area contributed by atoms with Crippen LogP contribution in [0.5, 0.6) is 5.06 Å². The Balaban J connectivity index is 2.87. The van der Waals surface area contributed by atoms with Gasteiger partial charge in [0.15, 0.2) is 5.78 Å². The molecule has 88 valence electrons.